The second kappa shape index (κ2) is 4.83. The Hall–Kier alpha value is -2.09. The van der Waals surface area contributed by atoms with Crippen molar-refractivity contribution < 1.29 is 4.79 Å². The number of aryl methyl sites for hydroxylation is 1. The van der Waals surface area contributed by atoms with Gasteiger partial charge >= 0.3 is 0 Å². The van der Waals surface area contributed by atoms with Crippen molar-refractivity contribution in [3.8, 4) is 0 Å². The molecule has 86 valence electrons. The Morgan fingerprint density at radius 3 is 2.59 bits per heavy atom. The average Bonchev–Trinajstić information content (AvgIpc) is 2.32. The number of Topliss-reactive ketones (excluding diaryl/α,β-unsaturated/α-hetero) is 1. The van der Waals surface area contributed by atoms with Gasteiger partial charge in [0, 0.05) is 17.7 Å². The number of nitrogen functional groups attached to an aromatic ring is 1. The van der Waals surface area contributed by atoms with E-state index in [4.69, 9.17) is 5.73 Å². The zero-order valence-electron chi connectivity index (χ0n) is 9.81. The monoisotopic (exact) mass is 225 g/mol. The van der Waals surface area contributed by atoms with Gasteiger partial charge in [-0.05, 0) is 30.2 Å². The van der Waals surface area contributed by atoms with E-state index in [1.165, 1.54) is 0 Å². The fraction of sp³-hybridized carbons (Fsp3) is 0.133. The van der Waals surface area contributed by atoms with Gasteiger partial charge in [0.15, 0.2) is 5.78 Å². The quantitative estimate of drug-likeness (QED) is 0.644. The molecule has 2 rings (SSSR count). The molecule has 2 N–H and O–H groups in total. The lowest BCUT2D eigenvalue weighted by molar-refractivity contribution is 0.0993. The van der Waals surface area contributed by atoms with Gasteiger partial charge in [0.05, 0.1) is 0 Å². The van der Waals surface area contributed by atoms with Crippen molar-refractivity contribution >= 4 is 11.5 Å². The minimum atomic E-state index is 0.103. The molecule has 0 amide bonds. The first-order chi connectivity index (χ1) is 8.16. The highest BCUT2D eigenvalue weighted by atomic mass is 16.1. The molecule has 0 aromatic heterocycles. The summed E-state index contributed by atoms with van der Waals surface area (Å²) in [5.74, 6) is 0.103. The Kier molecular flexibility index (Phi) is 3.24. The van der Waals surface area contributed by atoms with Crippen LogP contribution in [0.15, 0.2) is 48.5 Å². The van der Waals surface area contributed by atoms with Crippen LogP contribution in [-0.2, 0) is 6.42 Å². The number of nitrogens with two attached hydrogens (primary N) is 1. The number of anilines is 1. The molecule has 0 saturated heterocycles. The molecule has 0 heterocycles. The van der Waals surface area contributed by atoms with Gasteiger partial charge in [-0.15, -0.1) is 0 Å². The minimum absolute atomic E-state index is 0.103. The highest BCUT2D eigenvalue weighted by Crippen LogP contribution is 2.13. The number of ketones is 1. The molecular weight excluding hydrogens is 210 g/mol. The van der Waals surface area contributed by atoms with Crippen LogP contribution in [0.3, 0.4) is 0 Å². The van der Waals surface area contributed by atoms with Gasteiger partial charge in [-0.2, -0.15) is 0 Å². The predicted octanol–water partition coefficient (Wildman–Crippen LogP) is 3.00. The Morgan fingerprint density at radius 2 is 1.88 bits per heavy atom. The first kappa shape index (κ1) is 11.4. The van der Waals surface area contributed by atoms with E-state index in [0.29, 0.717) is 17.7 Å². The smallest absolute Gasteiger partial charge is 0.167 e. The second-order valence-corrected chi connectivity index (χ2v) is 4.15. The van der Waals surface area contributed by atoms with E-state index in [-0.39, 0.29) is 5.78 Å². The molecule has 0 saturated carbocycles. The Labute approximate surface area is 101 Å². The number of hydrogen-bond donors (Lipinski definition) is 1. The molecule has 2 nitrogen and oxygen atoms in total. The fourth-order valence-electron chi connectivity index (χ4n) is 1.80. The maximum atomic E-state index is 12.1. The van der Waals surface area contributed by atoms with Crippen LogP contribution in [0.1, 0.15) is 21.5 Å². The van der Waals surface area contributed by atoms with E-state index in [2.05, 4.69) is 0 Å². The number of benzene rings is 2. The molecule has 0 aliphatic carbocycles. The molecule has 0 atom stereocenters. The van der Waals surface area contributed by atoms with E-state index >= 15 is 0 Å². The molecule has 0 spiro atoms. The van der Waals surface area contributed by atoms with Gasteiger partial charge in [0.1, 0.15) is 0 Å². The highest BCUT2D eigenvalue weighted by molar-refractivity contribution is 5.98. The van der Waals surface area contributed by atoms with Crippen molar-refractivity contribution in [1.29, 1.82) is 0 Å². The van der Waals surface area contributed by atoms with Crippen LogP contribution in [0.25, 0.3) is 0 Å². The van der Waals surface area contributed by atoms with Crippen LogP contribution in [0.5, 0.6) is 0 Å². The van der Waals surface area contributed by atoms with Crippen LogP contribution in [0, 0.1) is 6.92 Å². The molecule has 0 fully saturated rings. The highest BCUT2D eigenvalue weighted by Gasteiger charge is 2.08. The lowest BCUT2D eigenvalue weighted by Crippen LogP contribution is -2.05. The Balaban J connectivity index is 2.20. The van der Waals surface area contributed by atoms with Crippen LogP contribution in [0.4, 0.5) is 5.69 Å². The molecule has 2 heteroatoms. The summed E-state index contributed by atoms with van der Waals surface area (Å²) in [6.45, 7) is 2.02. The molecule has 0 bridgehead atoms. The maximum absolute atomic E-state index is 12.1. The van der Waals surface area contributed by atoms with Crippen LogP contribution in [0.2, 0.25) is 0 Å². The van der Waals surface area contributed by atoms with E-state index in [1.807, 2.05) is 31.2 Å². The molecule has 2 aromatic rings. The average molecular weight is 225 g/mol. The summed E-state index contributed by atoms with van der Waals surface area (Å²) in [7, 11) is 0. The molecule has 2 aromatic carbocycles. The summed E-state index contributed by atoms with van der Waals surface area (Å²) in [5, 5.41) is 0. The minimum Gasteiger partial charge on any atom is -0.399 e. The summed E-state index contributed by atoms with van der Waals surface area (Å²) in [4.78, 5) is 12.1. The van der Waals surface area contributed by atoms with Crippen LogP contribution < -0.4 is 5.73 Å². The number of hydrogen-bond acceptors (Lipinski definition) is 2. The summed E-state index contributed by atoms with van der Waals surface area (Å²) in [6.07, 6.45) is 0.427. The summed E-state index contributed by atoms with van der Waals surface area (Å²) >= 11 is 0. The third-order valence-electron chi connectivity index (χ3n) is 2.82. The van der Waals surface area contributed by atoms with Crippen molar-refractivity contribution in [3.63, 3.8) is 0 Å². The Bertz CT molecular complexity index is 546. The zero-order valence-corrected chi connectivity index (χ0v) is 9.81. The third-order valence-corrected chi connectivity index (χ3v) is 2.82. The normalized spacial score (nSPS) is 10.2. The van der Waals surface area contributed by atoms with Crippen LogP contribution >= 0.6 is 0 Å². The molecule has 17 heavy (non-hydrogen) atoms. The molecule has 0 aliphatic heterocycles. The van der Waals surface area contributed by atoms with Gasteiger partial charge in [-0.1, -0.05) is 36.4 Å². The second-order valence-electron chi connectivity index (χ2n) is 4.15. The van der Waals surface area contributed by atoms with E-state index < -0.39 is 0 Å². The topological polar surface area (TPSA) is 43.1 Å². The van der Waals surface area contributed by atoms with Crippen molar-refractivity contribution in [2.45, 2.75) is 13.3 Å². The van der Waals surface area contributed by atoms with Gasteiger partial charge in [0.2, 0.25) is 0 Å². The van der Waals surface area contributed by atoms with Crippen molar-refractivity contribution in [2.75, 3.05) is 5.73 Å². The van der Waals surface area contributed by atoms with Gasteiger partial charge in [-0.3, -0.25) is 4.79 Å². The summed E-state index contributed by atoms with van der Waals surface area (Å²) < 4.78 is 0. The lowest BCUT2D eigenvalue weighted by Gasteiger charge is -2.05. The van der Waals surface area contributed by atoms with Crippen LogP contribution in [-0.4, -0.2) is 5.78 Å². The number of carbonyl (C=O) groups is 1. The first-order valence-electron chi connectivity index (χ1n) is 5.60. The predicted molar refractivity (Wildman–Crippen MR) is 70.1 cm³/mol. The SMILES string of the molecule is Cc1ccccc1CC(=O)c1cccc(N)c1. The molecule has 0 aliphatic rings. The first-order valence-corrected chi connectivity index (χ1v) is 5.60. The standard InChI is InChI=1S/C15H15NO/c1-11-5-2-3-6-12(11)10-15(17)13-7-4-8-14(16)9-13/h2-9H,10,16H2,1H3. The summed E-state index contributed by atoms with van der Waals surface area (Å²) in [5.41, 5.74) is 9.18. The van der Waals surface area contributed by atoms with E-state index in [0.717, 1.165) is 11.1 Å². The summed E-state index contributed by atoms with van der Waals surface area (Å²) in [6, 6.07) is 15.0. The van der Waals surface area contributed by atoms with E-state index in [1.54, 1.807) is 24.3 Å². The lowest BCUT2D eigenvalue weighted by atomic mass is 9.99. The maximum Gasteiger partial charge on any atom is 0.167 e. The van der Waals surface area contributed by atoms with E-state index in [9.17, 15) is 4.79 Å². The molecule has 0 unspecified atom stereocenters. The van der Waals surface area contributed by atoms with Gasteiger partial charge in [-0.25, -0.2) is 0 Å². The number of carbonyl (C=O) groups excluding carboxylic acids is 1. The van der Waals surface area contributed by atoms with Gasteiger partial charge in [0.25, 0.3) is 0 Å². The fourth-order valence-corrected chi connectivity index (χ4v) is 1.80. The zero-order chi connectivity index (χ0) is 12.3. The van der Waals surface area contributed by atoms with Crippen molar-refractivity contribution in [1.82, 2.24) is 0 Å². The molecular formula is C15H15NO. The van der Waals surface area contributed by atoms with Crippen molar-refractivity contribution in [3.05, 3.63) is 65.2 Å². The van der Waals surface area contributed by atoms with Crippen molar-refractivity contribution in [2.24, 2.45) is 0 Å². The van der Waals surface area contributed by atoms with Gasteiger partial charge < -0.3 is 5.73 Å². The Morgan fingerprint density at radius 1 is 1.12 bits per heavy atom. The number of rotatable bonds is 3. The third kappa shape index (κ3) is 2.72. The largest absolute Gasteiger partial charge is 0.399 e. The molecule has 0 radical (unpaired) electrons.